The fourth-order valence-corrected chi connectivity index (χ4v) is 5.86. The second-order valence-corrected chi connectivity index (χ2v) is 9.55. The Morgan fingerprint density at radius 2 is 1.74 bits per heavy atom. The smallest absolute Gasteiger partial charge is 0.312 e. The van der Waals surface area contributed by atoms with E-state index in [4.69, 9.17) is 14.2 Å². The first-order valence-electron chi connectivity index (χ1n) is 10.2. The van der Waals surface area contributed by atoms with Crippen molar-refractivity contribution >= 4 is 15.8 Å². The standard InChI is InChI=1S/C24H28O6S/c1-28-19-13-11-18(12-14-19)17-30-16-15-21-22(24(25)29-2)9-6-10-23(21)31(26,27)20-7-4-3-5-8-20/h3-5,7-8,11-15,22-23H,6,9-10,16-17H2,1-2H3/b21-15-. The number of rotatable bonds is 8. The highest BCUT2D eigenvalue weighted by Gasteiger charge is 2.40. The van der Waals surface area contributed by atoms with Crippen molar-refractivity contribution in [2.75, 3.05) is 20.8 Å². The summed E-state index contributed by atoms with van der Waals surface area (Å²) in [7, 11) is -0.689. The number of carbonyl (C=O) groups is 1. The molecule has 0 spiro atoms. The Balaban J connectivity index is 1.80. The first kappa shape index (κ1) is 23.0. The Labute approximate surface area is 183 Å². The minimum Gasteiger partial charge on any atom is -0.497 e. The molecule has 0 bridgehead atoms. The van der Waals surface area contributed by atoms with Crippen molar-refractivity contribution < 1.29 is 27.4 Å². The maximum absolute atomic E-state index is 13.3. The van der Waals surface area contributed by atoms with Crippen molar-refractivity contribution in [2.24, 2.45) is 5.92 Å². The predicted octanol–water partition coefficient (Wildman–Crippen LogP) is 3.95. The van der Waals surface area contributed by atoms with Crippen LogP contribution in [0.1, 0.15) is 24.8 Å². The van der Waals surface area contributed by atoms with Gasteiger partial charge in [-0.1, -0.05) is 42.8 Å². The minimum atomic E-state index is -3.63. The Morgan fingerprint density at radius 3 is 2.39 bits per heavy atom. The second-order valence-electron chi connectivity index (χ2n) is 7.42. The Bertz CT molecular complexity index is 996. The van der Waals surface area contributed by atoms with Gasteiger partial charge >= 0.3 is 5.97 Å². The fourth-order valence-electron chi connectivity index (χ4n) is 3.90. The Kier molecular flexibility index (Phi) is 7.87. The number of esters is 1. The lowest BCUT2D eigenvalue weighted by Crippen LogP contribution is -2.35. The quantitative estimate of drug-likeness (QED) is 0.348. The molecule has 3 rings (SSSR count). The third-order valence-electron chi connectivity index (χ3n) is 5.53. The maximum atomic E-state index is 13.3. The second kappa shape index (κ2) is 10.6. The topological polar surface area (TPSA) is 78.9 Å². The van der Waals surface area contributed by atoms with E-state index in [-0.39, 0.29) is 11.5 Å². The van der Waals surface area contributed by atoms with Gasteiger partial charge in [0.1, 0.15) is 5.75 Å². The normalized spacial score (nSPS) is 20.4. The van der Waals surface area contributed by atoms with Crippen LogP contribution in [0, 0.1) is 5.92 Å². The van der Waals surface area contributed by atoms with E-state index in [9.17, 15) is 13.2 Å². The van der Waals surface area contributed by atoms with Crippen molar-refractivity contribution in [3.63, 3.8) is 0 Å². The third kappa shape index (κ3) is 5.54. The maximum Gasteiger partial charge on any atom is 0.312 e. The van der Waals surface area contributed by atoms with E-state index >= 15 is 0 Å². The molecule has 31 heavy (non-hydrogen) atoms. The number of hydrogen-bond donors (Lipinski definition) is 0. The molecular formula is C24H28O6S. The van der Waals surface area contributed by atoms with Crippen LogP contribution in [0.4, 0.5) is 0 Å². The first-order valence-corrected chi connectivity index (χ1v) is 11.8. The molecule has 2 unspecified atom stereocenters. The van der Waals surface area contributed by atoms with Crippen LogP contribution in [0.15, 0.2) is 71.1 Å². The molecule has 2 aromatic carbocycles. The Hall–Kier alpha value is -2.64. The van der Waals surface area contributed by atoms with Gasteiger partial charge in [0.05, 0.1) is 43.5 Å². The van der Waals surface area contributed by atoms with E-state index in [1.807, 2.05) is 24.3 Å². The Morgan fingerprint density at radius 1 is 1.03 bits per heavy atom. The van der Waals surface area contributed by atoms with E-state index in [0.29, 0.717) is 31.4 Å². The zero-order valence-corrected chi connectivity index (χ0v) is 18.6. The van der Waals surface area contributed by atoms with Gasteiger partial charge in [0.25, 0.3) is 0 Å². The zero-order chi connectivity index (χ0) is 22.3. The molecule has 2 aromatic rings. The molecule has 1 fully saturated rings. The zero-order valence-electron chi connectivity index (χ0n) is 17.8. The van der Waals surface area contributed by atoms with Crippen LogP contribution in [0.3, 0.4) is 0 Å². The number of methoxy groups -OCH3 is 2. The monoisotopic (exact) mass is 444 g/mol. The van der Waals surface area contributed by atoms with E-state index in [2.05, 4.69) is 0 Å². The average molecular weight is 445 g/mol. The van der Waals surface area contributed by atoms with Gasteiger partial charge in [-0.05, 0) is 48.2 Å². The molecule has 0 amide bonds. The fraction of sp³-hybridized carbons (Fsp3) is 0.375. The van der Waals surface area contributed by atoms with Crippen LogP contribution >= 0.6 is 0 Å². The molecule has 1 aliphatic rings. The summed E-state index contributed by atoms with van der Waals surface area (Å²) in [6.07, 6.45) is 3.42. The van der Waals surface area contributed by atoms with Crippen molar-refractivity contribution in [1.29, 1.82) is 0 Å². The van der Waals surface area contributed by atoms with Crippen LogP contribution in [-0.4, -0.2) is 40.5 Å². The molecule has 2 atom stereocenters. The van der Waals surface area contributed by atoms with Gasteiger partial charge in [-0.3, -0.25) is 4.79 Å². The molecule has 1 aliphatic carbocycles. The first-order chi connectivity index (χ1) is 15.0. The van der Waals surface area contributed by atoms with Crippen LogP contribution in [0.25, 0.3) is 0 Å². The summed E-state index contributed by atoms with van der Waals surface area (Å²) in [5.74, 6) is -0.218. The number of hydrogen-bond acceptors (Lipinski definition) is 6. The molecule has 7 heteroatoms. The van der Waals surface area contributed by atoms with Crippen LogP contribution in [0.2, 0.25) is 0 Å². The molecule has 0 N–H and O–H groups in total. The summed E-state index contributed by atoms with van der Waals surface area (Å²) >= 11 is 0. The predicted molar refractivity (Wildman–Crippen MR) is 118 cm³/mol. The van der Waals surface area contributed by atoms with Gasteiger partial charge in [0.2, 0.25) is 0 Å². The van der Waals surface area contributed by atoms with Gasteiger partial charge in [-0.25, -0.2) is 8.42 Å². The van der Waals surface area contributed by atoms with E-state index in [0.717, 1.165) is 11.3 Å². The molecule has 0 aliphatic heterocycles. The largest absolute Gasteiger partial charge is 0.497 e. The minimum absolute atomic E-state index is 0.204. The van der Waals surface area contributed by atoms with Crippen molar-refractivity contribution in [2.45, 2.75) is 36.0 Å². The van der Waals surface area contributed by atoms with Crippen LogP contribution in [-0.2, 0) is 30.7 Å². The molecule has 0 heterocycles. The van der Waals surface area contributed by atoms with E-state index < -0.39 is 27.0 Å². The highest BCUT2D eigenvalue weighted by atomic mass is 32.2. The molecule has 0 radical (unpaired) electrons. The van der Waals surface area contributed by atoms with Crippen molar-refractivity contribution in [3.05, 3.63) is 71.8 Å². The summed E-state index contributed by atoms with van der Waals surface area (Å²) in [5, 5.41) is -0.766. The van der Waals surface area contributed by atoms with Gasteiger partial charge in [0, 0.05) is 0 Å². The average Bonchev–Trinajstić information content (AvgIpc) is 2.82. The number of benzene rings is 2. The molecular weight excluding hydrogens is 416 g/mol. The lowest BCUT2D eigenvalue weighted by atomic mass is 9.83. The number of carbonyl (C=O) groups excluding carboxylic acids is 1. The van der Waals surface area contributed by atoms with E-state index in [1.165, 1.54) is 7.11 Å². The summed E-state index contributed by atoms with van der Waals surface area (Å²) in [5.41, 5.74) is 1.54. The summed E-state index contributed by atoms with van der Waals surface area (Å²) in [4.78, 5) is 12.7. The number of sulfone groups is 1. The number of ether oxygens (including phenoxy) is 3. The molecule has 0 saturated heterocycles. The molecule has 0 aromatic heterocycles. The van der Waals surface area contributed by atoms with Gasteiger partial charge in [-0.2, -0.15) is 0 Å². The van der Waals surface area contributed by atoms with Crippen molar-refractivity contribution in [3.8, 4) is 5.75 Å². The summed E-state index contributed by atoms with van der Waals surface area (Å²) in [6, 6.07) is 15.9. The molecule has 6 nitrogen and oxygen atoms in total. The third-order valence-corrected chi connectivity index (χ3v) is 7.72. The van der Waals surface area contributed by atoms with Crippen LogP contribution < -0.4 is 4.74 Å². The molecule has 1 saturated carbocycles. The van der Waals surface area contributed by atoms with E-state index in [1.54, 1.807) is 43.5 Å². The molecule has 166 valence electrons. The highest BCUT2D eigenvalue weighted by molar-refractivity contribution is 7.92. The van der Waals surface area contributed by atoms with Crippen LogP contribution in [0.5, 0.6) is 5.75 Å². The lowest BCUT2D eigenvalue weighted by Gasteiger charge is -2.31. The summed E-state index contributed by atoms with van der Waals surface area (Å²) in [6.45, 7) is 0.572. The van der Waals surface area contributed by atoms with Gasteiger partial charge in [-0.15, -0.1) is 0 Å². The SMILES string of the molecule is COC(=O)C1CCCC(S(=O)(=O)c2ccccc2)/C1=C\COCc1ccc(OC)cc1. The highest BCUT2D eigenvalue weighted by Crippen LogP contribution is 2.37. The van der Waals surface area contributed by atoms with Gasteiger partial charge < -0.3 is 14.2 Å². The van der Waals surface area contributed by atoms with Gasteiger partial charge in [0.15, 0.2) is 9.84 Å². The van der Waals surface area contributed by atoms with Crippen molar-refractivity contribution in [1.82, 2.24) is 0 Å². The summed E-state index contributed by atoms with van der Waals surface area (Å²) < 4.78 is 42.5. The lowest BCUT2D eigenvalue weighted by molar-refractivity contribution is -0.144.